The van der Waals surface area contributed by atoms with E-state index in [2.05, 4.69) is 46.2 Å². The molecule has 7 nitrogen and oxygen atoms in total. The van der Waals surface area contributed by atoms with Crippen LogP contribution in [0.2, 0.25) is 0 Å². The van der Waals surface area contributed by atoms with Gasteiger partial charge in [-0.1, -0.05) is 20.8 Å². The molecule has 3 aromatic heterocycles. The van der Waals surface area contributed by atoms with Gasteiger partial charge in [-0.2, -0.15) is 4.52 Å². The number of rotatable bonds is 4. The molecule has 1 aliphatic rings. The molecule has 3 aromatic rings. The molecule has 0 radical (unpaired) electrons. The Morgan fingerprint density at radius 1 is 1.25 bits per heavy atom. The van der Waals surface area contributed by atoms with Gasteiger partial charge in [0, 0.05) is 42.5 Å². The Morgan fingerprint density at radius 3 is 2.79 bits per heavy atom. The highest BCUT2D eigenvalue weighted by Gasteiger charge is 2.29. The molecular formula is C16H21N7S. The monoisotopic (exact) mass is 343 g/mol. The van der Waals surface area contributed by atoms with Gasteiger partial charge in [0.1, 0.15) is 5.82 Å². The van der Waals surface area contributed by atoms with Crippen molar-refractivity contribution < 1.29 is 0 Å². The van der Waals surface area contributed by atoms with E-state index in [9.17, 15) is 0 Å². The highest BCUT2D eigenvalue weighted by Crippen LogP contribution is 2.25. The Kier molecular flexibility index (Phi) is 3.64. The van der Waals surface area contributed by atoms with Gasteiger partial charge in [0.2, 0.25) is 0 Å². The molecule has 8 heteroatoms. The van der Waals surface area contributed by atoms with E-state index in [-0.39, 0.29) is 5.41 Å². The van der Waals surface area contributed by atoms with E-state index >= 15 is 0 Å². The number of aromatic nitrogens is 5. The van der Waals surface area contributed by atoms with E-state index < -0.39 is 0 Å². The molecule has 4 heterocycles. The molecule has 0 unspecified atom stereocenters. The molecule has 0 amide bonds. The van der Waals surface area contributed by atoms with Crippen molar-refractivity contribution in [3.8, 4) is 0 Å². The Morgan fingerprint density at radius 2 is 2.08 bits per heavy atom. The van der Waals surface area contributed by atoms with Crippen molar-refractivity contribution in [1.82, 2.24) is 24.8 Å². The van der Waals surface area contributed by atoms with Crippen LogP contribution >= 0.6 is 11.3 Å². The zero-order valence-corrected chi connectivity index (χ0v) is 14.9. The maximum absolute atomic E-state index is 4.76. The predicted octanol–water partition coefficient (Wildman–Crippen LogP) is 2.43. The minimum absolute atomic E-state index is 0.0832. The van der Waals surface area contributed by atoms with Crippen molar-refractivity contribution in [2.75, 3.05) is 29.9 Å². The van der Waals surface area contributed by atoms with E-state index in [0.29, 0.717) is 5.92 Å². The number of hydrogen-bond acceptors (Lipinski definition) is 7. The lowest BCUT2D eigenvalue weighted by atomic mass is 9.96. The Hall–Kier alpha value is -2.22. The van der Waals surface area contributed by atoms with Crippen molar-refractivity contribution in [3.05, 3.63) is 29.5 Å². The van der Waals surface area contributed by atoms with Crippen LogP contribution in [-0.2, 0) is 5.41 Å². The SMILES string of the molecule is CC(C)(C)c1nnc2ccc(N3CC(CNc4nccs4)C3)nn12. The van der Waals surface area contributed by atoms with Crippen LogP contribution in [0.25, 0.3) is 5.65 Å². The average Bonchev–Trinajstić information content (AvgIpc) is 3.13. The molecule has 1 N–H and O–H groups in total. The average molecular weight is 343 g/mol. The lowest BCUT2D eigenvalue weighted by molar-refractivity contribution is 0.424. The summed E-state index contributed by atoms with van der Waals surface area (Å²) in [5.74, 6) is 2.49. The third-order valence-corrected chi connectivity index (χ3v) is 4.91. The van der Waals surface area contributed by atoms with Gasteiger partial charge in [-0.15, -0.1) is 26.6 Å². The van der Waals surface area contributed by atoms with Gasteiger partial charge in [0.05, 0.1) is 0 Å². The molecule has 0 aliphatic carbocycles. The second kappa shape index (κ2) is 5.70. The van der Waals surface area contributed by atoms with Crippen molar-refractivity contribution in [2.45, 2.75) is 26.2 Å². The summed E-state index contributed by atoms with van der Waals surface area (Å²) < 4.78 is 1.87. The first-order chi connectivity index (χ1) is 11.5. The number of anilines is 2. The second-order valence-electron chi connectivity index (χ2n) is 7.22. The maximum atomic E-state index is 4.76. The lowest BCUT2D eigenvalue weighted by Gasteiger charge is -2.40. The van der Waals surface area contributed by atoms with E-state index in [0.717, 1.165) is 42.1 Å². The molecule has 0 atom stereocenters. The first kappa shape index (κ1) is 15.3. The van der Waals surface area contributed by atoms with E-state index in [1.54, 1.807) is 11.3 Å². The summed E-state index contributed by atoms with van der Waals surface area (Å²) in [7, 11) is 0. The Balaban J connectivity index is 1.44. The van der Waals surface area contributed by atoms with Gasteiger partial charge in [-0.05, 0) is 12.1 Å². The minimum atomic E-state index is -0.0832. The van der Waals surface area contributed by atoms with Gasteiger partial charge >= 0.3 is 0 Å². The van der Waals surface area contributed by atoms with Crippen LogP contribution in [-0.4, -0.2) is 44.4 Å². The van der Waals surface area contributed by atoms with Crippen LogP contribution in [0.4, 0.5) is 10.9 Å². The quantitative estimate of drug-likeness (QED) is 0.784. The van der Waals surface area contributed by atoms with Gasteiger partial charge in [-0.3, -0.25) is 0 Å². The number of hydrogen-bond donors (Lipinski definition) is 1. The zero-order valence-electron chi connectivity index (χ0n) is 14.1. The normalized spacial score (nSPS) is 15.7. The summed E-state index contributed by atoms with van der Waals surface area (Å²) in [5, 5.41) is 19.6. The maximum Gasteiger partial charge on any atom is 0.182 e. The van der Waals surface area contributed by atoms with Crippen molar-refractivity contribution in [2.24, 2.45) is 5.92 Å². The molecule has 126 valence electrons. The highest BCUT2D eigenvalue weighted by atomic mass is 32.1. The third kappa shape index (κ3) is 2.82. The molecule has 0 spiro atoms. The van der Waals surface area contributed by atoms with Gasteiger partial charge in [0.15, 0.2) is 16.6 Å². The molecule has 0 aromatic carbocycles. The van der Waals surface area contributed by atoms with Crippen molar-refractivity contribution in [3.63, 3.8) is 0 Å². The fourth-order valence-corrected chi connectivity index (χ4v) is 3.38. The molecule has 0 saturated carbocycles. The smallest absolute Gasteiger partial charge is 0.182 e. The van der Waals surface area contributed by atoms with Gasteiger partial charge in [-0.25, -0.2) is 4.98 Å². The largest absolute Gasteiger partial charge is 0.361 e. The van der Waals surface area contributed by atoms with E-state index in [4.69, 9.17) is 5.10 Å². The van der Waals surface area contributed by atoms with Crippen LogP contribution in [0.5, 0.6) is 0 Å². The molecule has 24 heavy (non-hydrogen) atoms. The summed E-state index contributed by atoms with van der Waals surface area (Å²) in [6, 6.07) is 4.02. The molecule has 1 saturated heterocycles. The van der Waals surface area contributed by atoms with Crippen LogP contribution < -0.4 is 10.2 Å². The standard InChI is InChI=1S/C16H21N7S/c1-16(2,3)14-20-19-12-4-5-13(21-23(12)14)22-9-11(10-22)8-18-15-17-6-7-24-15/h4-7,11H,8-10H2,1-3H3,(H,17,18). The van der Waals surface area contributed by atoms with Crippen LogP contribution in [0.15, 0.2) is 23.7 Å². The molecule has 4 rings (SSSR count). The van der Waals surface area contributed by atoms with Gasteiger partial charge < -0.3 is 10.2 Å². The van der Waals surface area contributed by atoms with Crippen LogP contribution in [0.1, 0.15) is 26.6 Å². The fraction of sp³-hybridized carbons (Fsp3) is 0.500. The Labute approximate surface area is 144 Å². The minimum Gasteiger partial charge on any atom is -0.361 e. The number of nitrogens with zero attached hydrogens (tertiary/aromatic N) is 6. The summed E-state index contributed by atoms with van der Waals surface area (Å²) in [6.45, 7) is 9.34. The topological polar surface area (TPSA) is 71.2 Å². The molecular weight excluding hydrogens is 322 g/mol. The van der Waals surface area contributed by atoms with Crippen molar-refractivity contribution in [1.29, 1.82) is 0 Å². The molecule has 1 aliphatic heterocycles. The molecule has 0 bridgehead atoms. The summed E-state index contributed by atoms with van der Waals surface area (Å²) in [6.07, 6.45) is 1.82. The second-order valence-corrected chi connectivity index (χ2v) is 8.12. The number of nitrogens with one attached hydrogen (secondary N) is 1. The van der Waals surface area contributed by atoms with Crippen molar-refractivity contribution >= 4 is 27.9 Å². The Bertz CT molecular complexity index is 828. The first-order valence-corrected chi connectivity index (χ1v) is 9.00. The summed E-state index contributed by atoms with van der Waals surface area (Å²) in [4.78, 5) is 6.54. The lowest BCUT2D eigenvalue weighted by Crippen LogP contribution is -2.50. The number of fused-ring (bicyclic) bond motifs is 1. The van der Waals surface area contributed by atoms with Crippen LogP contribution in [0, 0.1) is 5.92 Å². The number of thiazole rings is 1. The zero-order chi connectivity index (χ0) is 16.7. The third-order valence-electron chi connectivity index (χ3n) is 4.18. The first-order valence-electron chi connectivity index (χ1n) is 8.12. The molecule has 1 fully saturated rings. The predicted molar refractivity (Wildman–Crippen MR) is 95.8 cm³/mol. The van der Waals surface area contributed by atoms with Crippen LogP contribution in [0.3, 0.4) is 0 Å². The fourth-order valence-electron chi connectivity index (χ4n) is 2.84. The summed E-state index contributed by atoms with van der Waals surface area (Å²) in [5.41, 5.74) is 0.714. The van der Waals surface area contributed by atoms with Gasteiger partial charge in [0.25, 0.3) is 0 Å². The van der Waals surface area contributed by atoms with E-state index in [1.807, 2.05) is 28.2 Å². The summed E-state index contributed by atoms with van der Waals surface area (Å²) >= 11 is 1.64. The highest BCUT2D eigenvalue weighted by molar-refractivity contribution is 7.13. The van der Waals surface area contributed by atoms with E-state index in [1.165, 1.54) is 0 Å².